The van der Waals surface area contributed by atoms with Crippen molar-refractivity contribution in [2.24, 2.45) is 0 Å². The highest BCUT2D eigenvalue weighted by atomic mass is 32.2. The Balaban J connectivity index is 2.41. The minimum Gasteiger partial charge on any atom is -0.480 e. The molecule has 19 heavy (non-hydrogen) atoms. The van der Waals surface area contributed by atoms with Crippen molar-refractivity contribution in [3.63, 3.8) is 0 Å². The maximum atomic E-state index is 11.7. The molecule has 1 aromatic rings. The number of sulfone groups is 1. The molecule has 2 N–H and O–H groups in total. The number of aliphatic carboxylic acids is 1. The summed E-state index contributed by atoms with van der Waals surface area (Å²) in [6, 6.07) is 2.94. The summed E-state index contributed by atoms with van der Waals surface area (Å²) < 4.78 is 23.3. The molecule has 0 bridgehead atoms. The van der Waals surface area contributed by atoms with Crippen LogP contribution in [0, 0.1) is 0 Å². The van der Waals surface area contributed by atoms with E-state index in [1.165, 1.54) is 18.3 Å². The van der Waals surface area contributed by atoms with E-state index in [2.05, 4.69) is 10.3 Å². The SMILES string of the molecule is CS(=O)(=O)c1cccnc1NC1(C(=O)O)CCCC1. The lowest BCUT2D eigenvalue weighted by molar-refractivity contribution is -0.142. The van der Waals surface area contributed by atoms with E-state index in [4.69, 9.17) is 0 Å². The zero-order valence-corrected chi connectivity index (χ0v) is 11.4. The molecule has 1 saturated carbocycles. The Morgan fingerprint density at radius 3 is 2.58 bits per heavy atom. The average molecular weight is 284 g/mol. The predicted octanol–water partition coefficient (Wildman–Crippen LogP) is 1.29. The molecular formula is C12H16N2O4S. The third-order valence-electron chi connectivity index (χ3n) is 3.39. The molecule has 6 nitrogen and oxygen atoms in total. The van der Waals surface area contributed by atoms with Crippen molar-refractivity contribution >= 4 is 21.6 Å². The highest BCUT2D eigenvalue weighted by Crippen LogP contribution is 2.34. The highest BCUT2D eigenvalue weighted by molar-refractivity contribution is 7.90. The fraction of sp³-hybridized carbons (Fsp3) is 0.500. The summed E-state index contributed by atoms with van der Waals surface area (Å²) in [5, 5.41) is 12.2. The Morgan fingerprint density at radius 1 is 1.42 bits per heavy atom. The molecule has 104 valence electrons. The van der Waals surface area contributed by atoms with E-state index in [1.807, 2.05) is 0 Å². The van der Waals surface area contributed by atoms with Crippen LogP contribution in [0.2, 0.25) is 0 Å². The summed E-state index contributed by atoms with van der Waals surface area (Å²) >= 11 is 0. The fourth-order valence-electron chi connectivity index (χ4n) is 2.38. The first-order chi connectivity index (χ1) is 8.85. The summed E-state index contributed by atoms with van der Waals surface area (Å²) in [5.41, 5.74) is -1.10. The first-order valence-electron chi connectivity index (χ1n) is 6.02. The quantitative estimate of drug-likeness (QED) is 0.865. The van der Waals surface area contributed by atoms with E-state index in [-0.39, 0.29) is 10.7 Å². The van der Waals surface area contributed by atoms with Gasteiger partial charge < -0.3 is 10.4 Å². The standard InChI is InChI=1S/C12H16N2O4S/c1-19(17,18)9-5-4-8-13-10(9)14-12(11(15)16)6-2-3-7-12/h4-5,8H,2-3,6-7H2,1H3,(H,13,14)(H,15,16). The lowest BCUT2D eigenvalue weighted by Crippen LogP contribution is -2.44. The van der Waals surface area contributed by atoms with Crippen LogP contribution in [0.4, 0.5) is 5.82 Å². The smallest absolute Gasteiger partial charge is 0.329 e. The molecule has 0 atom stereocenters. The minimum absolute atomic E-state index is 0.0301. The Kier molecular flexibility index (Phi) is 3.49. The van der Waals surface area contributed by atoms with Crippen LogP contribution in [0.1, 0.15) is 25.7 Å². The second kappa shape index (κ2) is 4.80. The van der Waals surface area contributed by atoms with Crippen molar-refractivity contribution in [1.82, 2.24) is 4.98 Å². The topological polar surface area (TPSA) is 96.4 Å². The van der Waals surface area contributed by atoms with Gasteiger partial charge in [-0.15, -0.1) is 0 Å². The van der Waals surface area contributed by atoms with Crippen molar-refractivity contribution in [3.05, 3.63) is 18.3 Å². The Labute approximate surface area is 111 Å². The molecule has 1 aliphatic carbocycles. The van der Waals surface area contributed by atoms with Crippen molar-refractivity contribution in [2.75, 3.05) is 11.6 Å². The van der Waals surface area contributed by atoms with Crippen LogP contribution in [0.5, 0.6) is 0 Å². The molecule has 0 amide bonds. The normalized spacial score (nSPS) is 18.2. The Bertz CT molecular complexity index is 592. The number of anilines is 1. The molecule has 0 unspecified atom stereocenters. The number of rotatable bonds is 4. The molecule has 1 heterocycles. The molecule has 7 heteroatoms. The molecule has 2 rings (SSSR count). The fourth-order valence-corrected chi connectivity index (χ4v) is 3.16. The van der Waals surface area contributed by atoms with E-state index in [0.29, 0.717) is 12.8 Å². The van der Waals surface area contributed by atoms with Crippen LogP contribution in [0.3, 0.4) is 0 Å². The van der Waals surface area contributed by atoms with Gasteiger partial charge in [-0.05, 0) is 25.0 Å². The van der Waals surface area contributed by atoms with Gasteiger partial charge in [0.25, 0.3) is 0 Å². The van der Waals surface area contributed by atoms with Gasteiger partial charge in [-0.25, -0.2) is 18.2 Å². The van der Waals surface area contributed by atoms with E-state index >= 15 is 0 Å². The molecule has 0 aliphatic heterocycles. The number of hydrogen-bond acceptors (Lipinski definition) is 5. The third kappa shape index (κ3) is 2.70. The number of nitrogens with one attached hydrogen (secondary N) is 1. The summed E-state index contributed by atoms with van der Waals surface area (Å²) in [6.45, 7) is 0. The zero-order chi connectivity index (χ0) is 14.1. The van der Waals surface area contributed by atoms with Crippen LogP contribution < -0.4 is 5.32 Å². The maximum Gasteiger partial charge on any atom is 0.329 e. The lowest BCUT2D eigenvalue weighted by atomic mass is 9.98. The van der Waals surface area contributed by atoms with Gasteiger partial charge in [0, 0.05) is 12.5 Å². The highest BCUT2D eigenvalue weighted by Gasteiger charge is 2.42. The average Bonchev–Trinajstić information content (AvgIpc) is 2.78. The molecule has 0 spiro atoms. The number of carboxylic acids is 1. The molecule has 0 radical (unpaired) electrons. The molecular weight excluding hydrogens is 268 g/mol. The molecule has 1 aliphatic rings. The van der Waals surface area contributed by atoms with Crippen molar-refractivity contribution in [3.8, 4) is 0 Å². The van der Waals surface area contributed by atoms with Gasteiger partial charge in [-0.1, -0.05) is 12.8 Å². The monoisotopic (exact) mass is 284 g/mol. The largest absolute Gasteiger partial charge is 0.480 e. The van der Waals surface area contributed by atoms with Gasteiger partial charge in [0.05, 0.1) is 0 Å². The van der Waals surface area contributed by atoms with Crippen LogP contribution in [-0.2, 0) is 14.6 Å². The first-order valence-corrected chi connectivity index (χ1v) is 7.91. The third-order valence-corrected chi connectivity index (χ3v) is 4.52. The van der Waals surface area contributed by atoms with E-state index in [1.54, 1.807) is 0 Å². The van der Waals surface area contributed by atoms with Crippen molar-refractivity contribution in [2.45, 2.75) is 36.1 Å². The van der Waals surface area contributed by atoms with Crippen molar-refractivity contribution < 1.29 is 18.3 Å². The van der Waals surface area contributed by atoms with Gasteiger partial charge in [-0.2, -0.15) is 0 Å². The molecule has 0 aromatic carbocycles. The summed E-state index contributed by atoms with van der Waals surface area (Å²) in [4.78, 5) is 15.5. The van der Waals surface area contributed by atoms with E-state index in [9.17, 15) is 18.3 Å². The van der Waals surface area contributed by atoms with Crippen LogP contribution >= 0.6 is 0 Å². The van der Waals surface area contributed by atoms with Gasteiger partial charge in [0.1, 0.15) is 16.3 Å². The number of carbonyl (C=O) groups is 1. The summed E-state index contributed by atoms with van der Waals surface area (Å²) in [6.07, 6.45) is 5.09. The molecule has 1 fully saturated rings. The lowest BCUT2D eigenvalue weighted by Gasteiger charge is -2.26. The molecule has 1 aromatic heterocycles. The van der Waals surface area contributed by atoms with Crippen molar-refractivity contribution in [1.29, 1.82) is 0 Å². The summed E-state index contributed by atoms with van der Waals surface area (Å²) in [5.74, 6) is -0.843. The second-order valence-corrected chi connectivity index (χ2v) is 6.83. The first kappa shape index (κ1) is 13.8. The number of aromatic nitrogens is 1. The Morgan fingerprint density at radius 2 is 2.05 bits per heavy atom. The number of nitrogens with zero attached hydrogens (tertiary/aromatic N) is 1. The minimum atomic E-state index is -3.45. The van der Waals surface area contributed by atoms with E-state index in [0.717, 1.165) is 19.1 Å². The van der Waals surface area contributed by atoms with E-state index < -0.39 is 21.3 Å². The summed E-state index contributed by atoms with van der Waals surface area (Å²) in [7, 11) is -3.45. The van der Waals surface area contributed by atoms with Gasteiger partial charge >= 0.3 is 5.97 Å². The maximum absolute atomic E-state index is 11.7. The predicted molar refractivity (Wildman–Crippen MR) is 69.8 cm³/mol. The number of pyridine rings is 1. The Hall–Kier alpha value is -1.63. The zero-order valence-electron chi connectivity index (χ0n) is 10.6. The number of hydrogen-bond donors (Lipinski definition) is 2. The van der Waals surface area contributed by atoms with Gasteiger partial charge in [0.15, 0.2) is 9.84 Å². The van der Waals surface area contributed by atoms with Crippen LogP contribution in [0.25, 0.3) is 0 Å². The van der Waals surface area contributed by atoms with Crippen LogP contribution in [-0.4, -0.2) is 36.3 Å². The number of carboxylic acid groups (broad SMARTS) is 1. The second-order valence-electron chi connectivity index (χ2n) is 4.84. The van der Waals surface area contributed by atoms with Gasteiger partial charge in [-0.3, -0.25) is 0 Å². The van der Waals surface area contributed by atoms with Crippen LogP contribution in [0.15, 0.2) is 23.2 Å². The van der Waals surface area contributed by atoms with Gasteiger partial charge in [0.2, 0.25) is 0 Å². The molecule has 0 saturated heterocycles.